The zero-order chi connectivity index (χ0) is 18.2. The van der Waals surface area contributed by atoms with Crippen LogP contribution in [-0.2, 0) is 6.18 Å². The van der Waals surface area contributed by atoms with E-state index in [2.05, 4.69) is 15.3 Å². The Bertz CT molecular complexity index is 933. The first-order chi connectivity index (χ1) is 11.8. The van der Waals surface area contributed by atoms with Gasteiger partial charge in [-0.3, -0.25) is 4.79 Å². The van der Waals surface area contributed by atoms with Gasteiger partial charge < -0.3 is 21.8 Å². The van der Waals surface area contributed by atoms with Crippen LogP contribution < -0.4 is 16.8 Å². The monoisotopic (exact) mass is 349 g/mol. The molecular weight excluding hydrogens is 335 g/mol. The molecule has 0 unspecified atom stereocenters. The minimum absolute atomic E-state index is 0.123. The van der Waals surface area contributed by atoms with Crippen molar-refractivity contribution in [2.24, 2.45) is 11.5 Å². The lowest BCUT2D eigenvalue weighted by Gasteiger charge is -2.12. The molecule has 0 saturated heterocycles. The van der Waals surface area contributed by atoms with Crippen molar-refractivity contribution >= 4 is 22.6 Å². The van der Waals surface area contributed by atoms with Gasteiger partial charge in [-0.15, -0.1) is 0 Å². The molecule has 9 heteroatoms. The normalized spacial score (nSPS) is 11.9. The summed E-state index contributed by atoms with van der Waals surface area (Å²) in [5.74, 6) is -0.717. The van der Waals surface area contributed by atoms with Crippen molar-refractivity contribution in [2.45, 2.75) is 12.3 Å². The lowest BCUT2D eigenvalue weighted by atomic mass is 10.1. The molecule has 6 N–H and O–H groups in total. The highest BCUT2D eigenvalue weighted by Gasteiger charge is 2.32. The van der Waals surface area contributed by atoms with Crippen molar-refractivity contribution in [1.82, 2.24) is 9.97 Å². The highest BCUT2D eigenvalue weighted by Crippen LogP contribution is 2.32. The summed E-state index contributed by atoms with van der Waals surface area (Å²) in [5, 5.41) is 2.54. The number of hydrogen-bond donors (Lipinski definition) is 4. The number of nitrogens with two attached hydrogens (primary N) is 2. The van der Waals surface area contributed by atoms with Gasteiger partial charge in [0, 0.05) is 5.69 Å². The molecule has 0 atom stereocenters. The van der Waals surface area contributed by atoms with E-state index in [4.69, 9.17) is 11.5 Å². The standard InChI is InChI=1S/C16H14F3N5O/c17-16(18,19)9-5-11(13-12(6-9)22-7-23-13)15(25)24-10-3-1-2-8(4-10)14(20)21/h1-7,14H,20-21H2,(H,22,23)(H,24,25). The van der Waals surface area contributed by atoms with Gasteiger partial charge in [-0.05, 0) is 29.8 Å². The molecule has 0 radical (unpaired) electrons. The molecule has 1 amide bonds. The van der Waals surface area contributed by atoms with E-state index < -0.39 is 23.8 Å². The van der Waals surface area contributed by atoms with Crippen LogP contribution in [0.3, 0.4) is 0 Å². The highest BCUT2D eigenvalue weighted by atomic mass is 19.4. The number of carbonyl (C=O) groups is 1. The van der Waals surface area contributed by atoms with Crippen LogP contribution in [0.4, 0.5) is 18.9 Å². The highest BCUT2D eigenvalue weighted by molar-refractivity contribution is 6.11. The Morgan fingerprint density at radius 1 is 1.20 bits per heavy atom. The summed E-state index contributed by atoms with van der Waals surface area (Å²) in [4.78, 5) is 19.0. The first-order valence-corrected chi connectivity index (χ1v) is 7.22. The summed E-state index contributed by atoms with van der Waals surface area (Å²) in [6.45, 7) is 0. The topological polar surface area (TPSA) is 110 Å². The number of carbonyl (C=O) groups excluding carboxylic acids is 1. The van der Waals surface area contributed by atoms with Gasteiger partial charge in [0.15, 0.2) is 0 Å². The molecule has 0 aliphatic rings. The minimum atomic E-state index is -4.58. The number of anilines is 1. The van der Waals surface area contributed by atoms with Crippen molar-refractivity contribution in [2.75, 3.05) is 5.32 Å². The first-order valence-electron chi connectivity index (χ1n) is 7.22. The maximum absolute atomic E-state index is 13.0. The molecule has 1 heterocycles. The van der Waals surface area contributed by atoms with Crippen molar-refractivity contribution < 1.29 is 18.0 Å². The number of aromatic amines is 1. The van der Waals surface area contributed by atoms with Crippen molar-refractivity contribution in [3.63, 3.8) is 0 Å². The molecule has 0 saturated carbocycles. The summed E-state index contributed by atoms with van der Waals surface area (Å²) in [7, 11) is 0. The molecule has 0 bridgehead atoms. The van der Waals surface area contributed by atoms with E-state index in [0.29, 0.717) is 11.3 Å². The summed E-state index contributed by atoms with van der Waals surface area (Å²) in [5.41, 5.74) is 11.2. The second-order valence-corrected chi connectivity index (χ2v) is 5.43. The Balaban J connectivity index is 1.99. The predicted octanol–water partition coefficient (Wildman–Crippen LogP) is 2.75. The molecule has 3 aromatic rings. The molecule has 3 rings (SSSR count). The van der Waals surface area contributed by atoms with Crippen LogP contribution in [0.25, 0.3) is 11.0 Å². The molecule has 0 aliphatic carbocycles. The summed E-state index contributed by atoms with van der Waals surface area (Å²) in [6, 6.07) is 8.13. The molecule has 1 aromatic heterocycles. The van der Waals surface area contributed by atoms with Crippen LogP contribution in [0.2, 0.25) is 0 Å². The van der Waals surface area contributed by atoms with Gasteiger partial charge in [-0.1, -0.05) is 12.1 Å². The second-order valence-electron chi connectivity index (χ2n) is 5.43. The maximum Gasteiger partial charge on any atom is 0.416 e. The number of aromatic nitrogens is 2. The zero-order valence-electron chi connectivity index (χ0n) is 12.8. The quantitative estimate of drug-likeness (QED) is 0.545. The van der Waals surface area contributed by atoms with Gasteiger partial charge in [-0.25, -0.2) is 4.98 Å². The Morgan fingerprint density at radius 3 is 2.64 bits per heavy atom. The van der Waals surface area contributed by atoms with Crippen LogP contribution in [0.5, 0.6) is 0 Å². The van der Waals surface area contributed by atoms with Crippen LogP contribution in [-0.4, -0.2) is 15.9 Å². The average Bonchev–Trinajstić information content (AvgIpc) is 3.01. The molecule has 25 heavy (non-hydrogen) atoms. The summed E-state index contributed by atoms with van der Waals surface area (Å²) in [6.07, 6.45) is -4.08. The van der Waals surface area contributed by atoms with Crippen LogP contribution >= 0.6 is 0 Å². The number of imidazole rings is 1. The summed E-state index contributed by atoms with van der Waals surface area (Å²) < 4.78 is 39.1. The van der Waals surface area contributed by atoms with Gasteiger partial charge in [0.2, 0.25) is 0 Å². The molecular formula is C16H14F3N5O. The first kappa shape index (κ1) is 16.9. The Hall–Kier alpha value is -2.91. The third kappa shape index (κ3) is 3.47. The number of rotatable bonds is 3. The Morgan fingerprint density at radius 2 is 1.96 bits per heavy atom. The van der Waals surface area contributed by atoms with E-state index in [-0.39, 0.29) is 16.6 Å². The van der Waals surface area contributed by atoms with Gasteiger partial charge in [0.25, 0.3) is 5.91 Å². The predicted molar refractivity (Wildman–Crippen MR) is 86.6 cm³/mol. The van der Waals surface area contributed by atoms with Gasteiger partial charge in [0.1, 0.15) is 5.52 Å². The molecule has 0 fully saturated rings. The fourth-order valence-corrected chi connectivity index (χ4v) is 2.41. The zero-order valence-corrected chi connectivity index (χ0v) is 12.8. The maximum atomic E-state index is 13.0. The average molecular weight is 349 g/mol. The van der Waals surface area contributed by atoms with E-state index in [9.17, 15) is 18.0 Å². The number of halogens is 3. The van der Waals surface area contributed by atoms with Gasteiger partial charge in [-0.2, -0.15) is 13.2 Å². The summed E-state index contributed by atoms with van der Waals surface area (Å²) >= 11 is 0. The smallest absolute Gasteiger partial charge is 0.345 e. The van der Waals surface area contributed by atoms with E-state index in [1.807, 2.05) is 0 Å². The Kier molecular flexibility index (Phi) is 4.19. The molecule has 6 nitrogen and oxygen atoms in total. The van der Waals surface area contributed by atoms with Crippen LogP contribution in [0.1, 0.15) is 27.7 Å². The van der Waals surface area contributed by atoms with Crippen molar-refractivity contribution in [3.05, 3.63) is 59.4 Å². The number of fused-ring (bicyclic) bond motifs is 1. The van der Waals surface area contributed by atoms with E-state index >= 15 is 0 Å². The number of H-pyrrole nitrogens is 1. The second kappa shape index (κ2) is 6.19. The van der Waals surface area contributed by atoms with Crippen LogP contribution in [0, 0.1) is 0 Å². The molecule has 130 valence electrons. The van der Waals surface area contributed by atoms with Crippen molar-refractivity contribution in [1.29, 1.82) is 0 Å². The third-order valence-corrected chi connectivity index (χ3v) is 3.62. The molecule has 2 aromatic carbocycles. The number of nitrogens with zero attached hydrogens (tertiary/aromatic N) is 1. The van der Waals surface area contributed by atoms with E-state index in [0.717, 1.165) is 12.1 Å². The van der Waals surface area contributed by atoms with E-state index in [1.165, 1.54) is 6.33 Å². The number of hydrogen-bond acceptors (Lipinski definition) is 4. The largest absolute Gasteiger partial charge is 0.416 e. The Labute approximate surface area is 140 Å². The molecule has 0 spiro atoms. The number of nitrogens with one attached hydrogen (secondary N) is 2. The minimum Gasteiger partial charge on any atom is -0.345 e. The SMILES string of the molecule is NC(N)c1cccc(NC(=O)c2cc(C(F)(F)F)cc3[nH]cnc23)c1. The lowest BCUT2D eigenvalue weighted by Crippen LogP contribution is -2.20. The van der Waals surface area contributed by atoms with Crippen molar-refractivity contribution in [3.8, 4) is 0 Å². The van der Waals surface area contributed by atoms with Gasteiger partial charge >= 0.3 is 6.18 Å². The fourth-order valence-electron chi connectivity index (χ4n) is 2.41. The number of amides is 1. The third-order valence-electron chi connectivity index (χ3n) is 3.62. The van der Waals surface area contributed by atoms with Gasteiger partial charge in [0.05, 0.1) is 29.1 Å². The molecule has 0 aliphatic heterocycles. The number of benzene rings is 2. The lowest BCUT2D eigenvalue weighted by molar-refractivity contribution is -0.137. The fraction of sp³-hybridized carbons (Fsp3) is 0.125. The number of alkyl halides is 3. The van der Waals surface area contributed by atoms with Crippen LogP contribution in [0.15, 0.2) is 42.7 Å². The van der Waals surface area contributed by atoms with E-state index in [1.54, 1.807) is 24.3 Å².